The highest BCUT2D eigenvalue weighted by Crippen LogP contribution is 2.21. The second kappa shape index (κ2) is 5.00. The predicted octanol–water partition coefficient (Wildman–Crippen LogP) is -2.07. The van der Waals surface area contributed by atoms with E-state index < -0.39 is 23.1 Å². The Morgan fingerprint density at radius 2 is 1.86 bits per heavy atom. The van der Waals surface area contributed by atoms with E-state index in [0.717, 1.165) is 4.57 Å². The number of carboxylic acid groups (broad SMARTS) is 1. The maximum atomic E-state index is 12.1. The third kappa shape index (κ3) is 2.09. The zero-order valence-corrected chi connectivity index (χ0v) is 12.3. The maximum Gasteiger partial charge on any atom is 0.332 e. The van der Waals surface area contributed by atoms with Gasteiger partial charge in [0.25, 0.3) is 5.56 Å². The van der Waals surface area contributed by atoms with Crippen molar-refractivity contribution >= 4 is 23.1 Å². The number of aliphatic carboxylic acids is 1. The molecule has 0 saturated carbocycles. The fraction of sp³-hybridized carbons (Fsp3) is 0.538. The number of carbonyl (C=O) groups excluding carboxylic acids is 1. The van der Waals surface area contributed by atoms with Crippen molar-refractivity contribution in [2.24, 2.45) is 20.0 Å². The molecule has 0 bridgehead atoms. The molecule has 2 aromatic rings. The zero-order chi connectivity index (χ0) is 16.0. The summed E-state index contributed by atoms with van der Waals surface area (Å²) in [6, 6.07) is 0. The molecule has 0 radical (unpaired) electrons. The van der Waals surface area contributed by atoms with Gasteiger partial charge in [0.1, 0.15) is 0 Å². The van der Waals surface area contributed by atoms with Crippen molar-refractivity contribution in [1.29, 1.82) is 0 Å². The Balaban J connectivity index is 1.99. The summed E-state index contributed by atoms with van der Waals surface area (Å²) in [6.45, 7) is 1.01. The maximum absolute atomic E-state index is 12.1. The lowest BCUT2D eigenvalue weighted by molar-refractivity contribution is -0.312. The van der Waals surface area contributed by atoms with Gasteiger partial charge in [-0.2, -0.15) is 4.98 Å². The third-order valence-corrected chi connectivity index (χ3v) is 4.21. The minimum Gasteiger partial charge on any atom is -0.550 e. The second-order valence-corrected chi connectivity index (χ2v) is 5.55. The van der Waals surface area contributed by atoms with Gasteiger partial charge in [0.05, 0.1) is 0 Å². The number of fused-ring (bicyclic) bond motifs is 1. The van der Waals surface area contributed by atoms with Gasteiger partial charge in [-0.15, -0.1) is 0 Å². The van der Waals surface area contributed by atoms with Crippen molar-refractivity contribution in [2.45, 2.75) is 12.8 Å². The van der Waals surface area contributed by atoms with Gasteiger partial charge >= 0.3 is 5.69 Å². The number of rotatable bonds is 2. The van der Waals surface area contributed by atoms with Crippen LogP contribution in [0.25, 0.3) is 11.2 Å². The van der Waals surface area contributed by atoms with E-state index in [1.54, 1.807) is 7.05 Å². The van der Waals surface area contributed by atoms with E-state index in [0.29, 0.717) is 37.5 Å². The standard InChI is InChI=1S/C13H17N5O4/c1-16-9-8(10(19)17(2)13(16)22)14-12(15-9)18-5-3-7(4-6-18)11(20)21/h7H,3-6H2,1-2H3,(H,14,15)(H,20,21)/p-1. The van der Waals surface area contributed by atoms with E-state index in [1.165, 1.54) is 11.6 Å². The first kappa shape index (κ1) is 14.4. The number of aromatic nitrogens is 4. The van der Waals surface area contributed by atoms with Crippen LogP contribution < -0.4 is 21.3 Å². The number of carbonyl (C=O) groups is 1. The molecule has 9 nitrogen and oxygen atoms in total. The van der Waals surface area contributed by atoms with Crippen LogP contribution in [-0.2, 0) is 18.9 Å². The number of aryl methyl sites for hydroxylation is 1. The quantitative estimate of drug-likeness (QED) is 0.681. The Kier molecular flexibility index (Phi) is 3.27. The number of anilines is 1. The Bertz CT molecular complexity index is 854. The number of aromatic amines is 1. The number of hydrogen-bond acceptors (Lipinski definition) is 6. The summed E-state index contributed by atoms with van der Waals surface area (Å²) in [5.74, 6) is -0.997. The highest BCUT2D eigenvalue weighted by atomic mass is 16.4. The van der Waals surface area contributed by atoms with Crippen LogP contribution in [0.1, 0.15) is 12.8 Å². The first-order valence-corrected chi connectivity index (χ1v) is 7.01. The van der Waals surface area contributed by atoms with Gasteiger partial charge in [0.2, 0.25) is 5.95 Å². The van der Waals surface area contributed by atoms with Gasteiger partial charge in [0.15, 0.2) is 11.2 Å². The summed E-state index contributed by atoms with van der Waals surface area (Å²) < 4.78 is 2.33. The highest BCUT2D eigenvalue weighted by molar-refractivity contribution is 5.73. The van der Waals surface area contributed by atoms with E-state index in [1.807, 2.05) is 4.90 Å². The molecular formula is C13H16N5O4-. The Morgan fingerprint density at radius 3 is 2.45 bits per heavy atom. The summed E-state index contributed by atoms with van der Waals surface area (Å²) in [4.78, 5) is 44.0. The van der Waals surface area contributed by atoms with Gasteiger partial charge in [-0.05, 0) is 12.8 Å². The van der Waals surface area contributed by atoms with Gasteiger partial charge in [-0.3, -0.25) is 13.9 Å². The number of piperidine rings is 1. The van der Waals surface area contributed by atoms with Gasteiger partial charge in [-0.25, -0.2) is 4.79 Å². The third-order valence-electron chi connectivity index (χ3n) is 4.21. The minimum atomic E-state index is -1.03. The SMILES string of the molecule is Cn1c(=O)c2[nH]c(N3CCC(C(=O)[O-])CC3)nc2n(C)c1=O. The first-order valence-electron chi connectivity index (χ1n) is 7.01. The molecule has 0 aliphatic carbocycles. The smallest absolute Gasteiger partial charge is 0.332 e. The topological polar surface area (TPSA) is 116 Å². The molecule has 1 N–H and O–H groups in total. The molecule has 22 heavy (non-hydrogen) atoms. The molecule has 3 rings (SSSR count). The average Bonchev–Trinajstić information content (AvgIpc) is 2.96. The van der Waals surface area contributed by atoms with Crippen LogP contribution in [0.15, 0.2) is 9.59 Å². The number of carboxylic acids is 1. The average molecular weight is 306 g/mol. The van der Waals surface area contributed by atoms with Crippen LogP contribution in [0.5, 0.6) is 0 Å². The molecule has 0 amide bonds. The fourth-order valence-corrected chi connectivity index (χ4v) is 2.79. The first-order chi connectivity index (χ1) is 10.4. The molecule has 1 fully saturated rings. The van der Waals surface area contributed by atoms with Crippen molar-refractivity contribution in [3.05, 3.63) is 20.8 Å². The molecule has 1 aliphatic heterocycles. The van der Waals surface area contributed by atoms with Gasteiger partial charge in [0, 0.05) is 39.1 Å². The highest BCUT2D eigenvalue weighted by Gasteiger charge is 2.23. The lowest BCUT2D eigenvalue weighted by Crippen LogP contribution is -2.41. The van der Waals surface area contributed by atoms with Crippen molar-refractivity contribution < 1.29 is 9.90 Å². The van der Waals surface area contributed by atoms with E-state index in [-0.39, 0.29) is 5.52 Å². The van der Waals surface area contributed by atoms with E-state index >= 15 is 0 Å². The number of nitrogens with one attached hydrogen (secondary N) is 1. The van der Waals surface area contributed by atoms with Crippen molar-refractivity contribution in [1.82, 2.24) is 19.1 Å². The van der Waals surface area contributed by atoms with Crippen LogP contribution in [0.3, 0.4) is 0 Å². The fourth-order valence-electron chi connectivity index (χ4n) is 2.79. The van der Waals surface area contributed by atoms with Gasteiger partial charge < -0.3 is 19.8 Å². The summed E-state index contributed by atoms with van der Waals surface area (Å²) in [5.41, 5.74) is -0.306. The summed E-state index contributed by atoms with van der Waals surface area (Å²) >= 11 is 0. The van der Waals surface area contributed by atoms with Gasteiger partial charge in [-0.1, -0.05) is 0 Å². The minimum absolute atomic E-state index is 0.265. The van der Waals surface area contributed by atoms with Crippen LogP contribution in [-0.4, -0.2) is 38.2 Å². The number of imidazole rings is 1. The van der Waals surface area contributed by atoms with Crippen molar-refractivity contribution in [3.8, 4) is 0 Å². The second-order valence-electron chi connectivity index (χ2n) is 5.55. The normalized spacial score (nSPS) is 16.4. The van der Waals surface area contributed by atoms with Crippen molar-refractivity contribution in [2.75, 3.05) is 18.0 Å². The monoisotopic (exact) mass is 306 g/mol. The Labute approximate surface area is 124 Å². The van der Waals surface area contributed by atoms with Crippen LogP contribution >= 0.6 is 0 Å². The van der Waals surface area contributed by atoms with Crippen LogP contribution in [0.2, 0.25) is 0 Å². The Hall–Kier alpha value is -2.58. The molecule has 1 aliphatic rings. The number of hydrogen-bond donors (Lipinski definition) is 1. The summed E-state index contributed by atoms with van der Waals surface area (Å²) in [5, 5.41) is 10.9. The molecule has 0 unspecified atom stereocenters. The molecule has 2 aromatic heterocycles. The van der Waals surface area contributed by atoms with Crippen LogP contribution in [0, 0.1) is 5.92 Å². The molecule has 9 heteroatoms. The number of nitrogens with zero attached hydrogens (tertiary/aromatic N) is 4. The van der Waals surface area contributed by atoms with Crippen molar-refractivity contribution in [3.63, 3.8) is 0 Å². The molecule has 118 valence electrons. The number of H-pyrrole nitrogens is 1. The lowest BCUT2D eigenvalue weighted by atomic mass is 9.97. The van der Waals surface area contributed by atoms with Crippen LogP contribution in [0.4, 0.5) is 5.95 Å². The van der Waals surface area contributed by atoms with E-state index in [4.69, 9.17) is 0 Å². The molecule has 1 saturated heterocycles. The van der Waals surface area contributed by atoms with E-state index in [2.05, 4.69) is 9.97 Å². The molecule has 0 spiro atoms. The molecule has 3 heterocycles. The molecular weight excluding hydrogens is 290 g/mol. The largest absolute Gasteiger partial charge is 0.550 e. The lowest BCUT2D eigenvalue weighted by Gasteiger charge is -2.31. The molecule has 0 aromatic carbocycles. The summed E-state index contributed by atoms with van der Waals surface area (Å²) in [7, 11) is 2.97. The predicted molar refractivity (Wildman–Crippen MR) is 76.5 cm³/mol. The Morgan fingerprint density at radius 1 is 1.23 bits per heavy atom. The zero-order valence-electron chi connectivity index (χ0n) is 12.3. The molecule has 0 atom stereocenters. The van der Waals surface area contributed by atoms with E-state index in [9.17, 15) is 19.5 Å². The summed E-state index contributed by atoms with van der Waals surface area (Å²) in [6.07, 6.45) is 0.937.